The molecule has 0 radical (unpaired) electrons. The first-order chi connectivity index (χ1) is 16.0. The molecule has 0 unspecified atom stereocenters. The summed E-state index contributed by atoms with van der Waals surface area (Å²) in [5.41, 5.74) is 6.97. The quantitative estimate of drug-likeness (QED) is 0.0790. The van der Waals surface area contributed by atoms with Gasteiger partial charge in [0.15, 0.2) is 0 Å². The van der Waals surface area contributed by atoms with E-state index < -0.39 is 52.0 Å². The van der Waals surface area contributed by atoms with Crippen LogP contribution >= 0.6 is 7.60 Å². The van der Waals surface area contributed by atoms with Gasteiger partial charge in [-0.3, -0.25) is 19.0 Å². The number of ether oxygens (including phenoxy) is 5. The molecule has 192 valence electrons. The van der Waals surface area contributed by atoms with Crippen molar-refractivity contribution in [3.63, 3.8) is 0 Å². The van der Waals surface area contributed by atoms with E-state index in [4.69, 9.17) is 34.4 Å². The van der Waals surface area contributed by atoms with Gasteiger partial charge in [-0.05, 0) is 39.8 Å². The van der Waals surface area contributed by atoms with Crippen LogP contribution in [0.3, 0.4) is 0 Å². The summed E-state index contributed by atoms with van der Waals surface area (Å²) in [4.78, 5) is 29.6. The van der Waals surface area contributed by atoms with Gasteiger partial charge in [0.25, 0.3) is 0 Å². The maximum Gasteiger partial charge on any atom is 0.510 e. The molecule has 15 heteroatoms. The van der Waals surface area contributed by atoms with Crippen molar-refractivity contribution < 1.29 is 46.9 Å². The van der Waals surface area contributed by atoms with E-state index in [9.17, 15) is 14.2 Å². The number of nitrogens with two attached hydrogens (primary N) is 1. The minimum atomic E-state index is -4.00. The van der Waals surface area contributed by atoms with Gasteiger partial charge in [0.2, 0.25) is 13.6 Å². The molecular weight excluding hydrogens is 475 g/mol. The number of H-pyrrole nitrogens is 1. The maximum absolute atomic E-state index is 12.9. The first-order valence-electron chi connectivity index (χ1n) is 10.2. The lowest BCUT2D eigenvalue weighted by atomic mass is 10.3. The molecule has 0 aliphatic heterocycles. The molecule has 0 saturated heterocycles. The molecule has 34 heavy (non-hydrogen) atoms. The van der Waals surface area contributed by atoms with E-state index in [1.54, 1.807) is 39.8 Å². The van der Waals surface area contributed by atoms with Crippen LogP contribution in [0.25, 0.3) is 0 Å². The van der Waals surface area contributed by atoms with Crippen molar-refractivity contribution in [2.75, 3.05) is 26.5 Å². The van der Waals surface area contributed by atoms with Gasteiger partial charge < -0.3 is 34.4 Å². The van der Waals surface area contributed by atoms with Crippen molar-refractivity contribution in [3.8, 4) is 0 Å². The second-order valence-corrected chi connectivity index (χ2v) is 9.05. The average molecular weight is 506 g/mol. The third-order valence-corrected chi connectivity index (χ3v) is 5.00. The molecule has 0 aliphatic rings. The summed E-state index contributed by atoms with van der Waals surface area (Å²) in [5.74, 6) is 0.153. The van der Waals surface area contributed by atoms with Crippen LogP contribution < -0.4 is 5.73 Å². The van der Waals surface area contributed by atoms with E-state index >= 15 is 0 Å². The number of nitrogens with one attached hydrogen (secondary N) is 2. The van der Waals surface area contributed by atoms with Crippen molar-refractivity contribution >= 4 is 32.1 Å². The van der Waals surface area contributed by atoms with Crippen LogP contribution in [0.5, 0.6) is 0 Å². The van der Waals surface area contributed by atoms with Crippen LogP contribution in [-0.4, -0.2) is 68.2 Å². The molecule has 1 aromatic heterocycles. The van der Waals surface area contributed by atoms with Crippen LogP contribution in [0, 0.1) is 5.41 Å². The SMILES string of the molecule is CC(C)OC(=O)OCOP(=O)(COCCc1ccc(/C(N)=N\C=N)[nH]1)OCOC(=O)OC(C)C. The summed E-state index contributed by atoms with van der Waals surface area (Å²) in [5, 5.41) is 6.94. The highest BCUT2D eigenvalue weighted by Gasteiger charge is 2.27. The summed E-state index contributed by atoms with van der Waals surface area (Å²) < 4.78 is 47.3. The minimum absolute atomic E-state index is 0.102. The summed E-state index contributed by atoms with van der Waals surface area (Å²) in [6.45, 7) is 5.12. The molecule has 0 aliphatic carbocycles. The maximum atomic E-state index is 12.9. The predicted octanol–water partition coefficient (Wildman–Crippen LogP) is 3.11. The van der Waals surface area contributed by atoms with Gasteiger partial charge in [-0.15, -0.1) is 0 Å². The fraction of sp³-hybridized carbons (Fsp3) is 0.579. The summed E-state index contributed by atoms with van der Waals surface area (Å²) in [6.07, 6.45) is -2.19. The predicted molar refractivity (Wildman–Crippen MR) is 120 cm³/mol. The fourth-order valence-corrected chi connectivity index (χ4v) is 3.11. The fourth-order valence-electron chi connectivity index (χ4n) is 2.11. The van der Waals surface area contributed by atoms with E-state index in [-0.39, 0.29) is 12.4 Å². The zero-order valence-corrected chi connectivity index (χ0v) is 20.4. The molecule has 1 aromatic rings. The number of carbonyl (C=O) groups is 2. The Morgan fingerprint density at radius 2 is 1.65 bits per heavy atom. The van der Waals surface area contributed by atoms with Crippen LogP contribution in [0.2, 0.25) is 0 Å². The Balaban J connectivity index is 2.58. The van der Waals surface area contributed by atoms with Crippen LogP contribution in [0.15, 0.2) is 17.1 Å². The normalized spacial score (nSPS) is 12.0. The van der Waals surface area contributed by atoms with Crippen molar-refractivity contribution in [1.29, 1.82) is 5.41 Å². The second-order valence-electron chi connectivity index (χ2n) is 7.05. The highest BCUT2D eigenvalue weighted by molar-refractivity contribution is 7.53. The lowest BCUT2D eigenvalue weighted by Gasteiger charge is -2.18. The van der Waals surface area contributed by atoms with Crippen LogP contribution in [0.1, 0.15) is 39.1 Å². The monoisotopic (exact) mass is 506 g/mol. The lowest BCUT2D eigenvalue weighted by Crippen LogP contribution is -2.17. The van der Waals surface area contributed by atoms with Gasteiger partial charge >= 0.3 is 19.9 Å². The summed E-state index contributed by atoms with van der Waals surface area (Å²) in [6, 6.07) is 3.44. The Kier molecular flexibility index (Phi) is 12.9. The van der Waals surface area contributed by atoms with Crippen molar-refractivity contribution in [2.24, 2.45) is 10.7 Å². The molecule has 1 rings (SSSR count). The highest BCUT2D eigenvalue weighted by Crippen LogP contribution is 2.48. The number of carbonyl (C=O) groups excluding carboxylic acids is 2. The molecule has 0 fully saturated rings. The first-order valence-corrected chi connectivity index (χ1v) is 11.9. The molecule has 0 aromatic carbocycles. The Morgan fingerprint density at radius 1 is 1.09 bits per heavy atom. The van der Waals surface area contributed by atoms with Crippen molar-refractivity contribution in [1.82, 2.24) is 4.98 Å². The van der Waals surface area contributed by atoms with E-state index in [2.05, 4.69) is 19.5 Å². The Labute approximate surface area is 197 Å². The molecule has 0 bridgehead atoms. The van der Waals surface area contributed by atoms with Crippen LogP contribution in [0.4, 0.5) is 9.59 Å². The lowest BCUT2D eigenvalue weighted by molar-refractivity contribution is -0.0342. The second kappa shape index (κ2) is 15.1. The molecular formula is C19H31N4O10P. The standard InChI is InChI=1S/C19H31N4O10P/c1-13(2)32-18(24)28-10-30-34(26,31-11-29-19(25)33-14(3)4)12-27-8-7-15-5-6-16(23-15)17(21)22-9-20/h5-6,9,13-14,23H,7-8,10-12H2,1-4H3,(H3,20,21,22). The van der Waals surface area contributed by atoms with Crippen molar-refractivity contribution in [2.45, 2.75) is 46.3 Å². The van der Waals surface area contributed by atoms with E-state index in [1.807, 2.05) is 0 Å². The van der Waals surface area contributed by atoms with Crippen molar-refractivity contribution in [3.05, 3.63) is 23.5 Å². The summed E-state index contributed by atoms with van der Waals surface area (Å²) >= 11 is 0. The molecule has 14 nitrogen and oxygen atoms in total. The number of aromatic amines is 1. The molecule has 1 heterocycles. The molecule has 0 saturated carbocycles. The Hall–Kier alpha value is -2.93. The first kappa shape index (κ1) is 29.1. The topological polar surface area (TPSA) is 194 Å². The largest absolute Gasteiger partial charge is 0.510 e. The number of amidine groups is 1. The van der Waals surface area contributed by atoms with Gasteiger partial charge in [-0.25, -0.2) is 14.6 Å². The number of aliphatic imine (C=N–C) groups is 1. The van der Waals surface area contributed by atoms with Crippen LogP contribution in [-0.2, 0) is 43.7 Å². The summed E-state index contributed by atoms with van der Waals surface area (Å²) in [7, 11) is -4.00. The van der Waals surface area contributed by atoms with E-state index in [0.29, 0.717) is 12.1 Å². The average Bonchev–Trinajstić information content (AvgIpc) is 3.19. The number of hydrogen-bond acceptors (Lipinski definition) is 11. The molecule has 0 amide bonds. The smallest absolute Gasteiger partial charge is 0.432 e. The Morgan fingerprint density at radius 3 is 2.15 bits per heavy atom. The Bertz CT molecular complexity index is 839. The van der Waals surface area contributed by atoms with Gasteiger partial charge in [-0.2, -0.15) is 0 Å². The zero-order valence-electron chi connectivity index (χ0n) is 19.5. The molecule has 0 spiro atoms. The van der Waals surface area contributed by atoms with Gasteiger partial charge in [0.05, 0.1) is 24.5 Å². The third-order valence-electron chi connectivity index (χ3n) is 3.51. The number of nitrogens with zero attached hydrogens (tertiary/aromatic N) is 1. The number of aromatic nitrogens is 1. The minimum Gasteiger partial charge on any atom is -0.432 e. The zero-order chi connectivity index (χ0) is 25.6. The van der Waals surface area contributed by atoms with Gasteiger partial charge in [0.1, 0.15) is 18.5 Å². The van der Waals surface area contributed by atoms with E-state index in [1.165, 1.54) is 0 Å². The third kappa shape index (κ3) is 12.3. The number of rotatable bonds is 15. The van der Waals surface area contributed by atoms with Gasteiger partial charge in [0, 0.05) is 12.1 Å². The van der Waals surface area contributed by atoms with E-state index in [0.717, 1.165) is 12.0 Å². The highest BCUT2D eigenvalue weighted by atomic mass is 31.2. The molecule has 0 atom stereocenters. The molecule has 4 N–H and O–H groups in total. The van der Waals surface area contributed by atoms with Gasteiger partial charge in [-0.1, -0.05) is 0 Å². The number of hydrogen-bond donors (Lipinski definition) is 3.